The molecule has 3 nitrogen and oxygen atoms in total. The summed E-state index contributed by atoms with van der Waals surface area (Å²) in [4.78, 5) is 4.47. The number of halogens is 1. The molecule has 0 aliphatic rings. The molecule has 1 aromatic carbocycles. The first kappa shape index (κ1) is 13.1. The Hall–Kier alpha value is -1.32. The van der Waals surface area contributed by atoms with Gasteiger partial charge in [0, 0.05) is 7.05 Å². The molecule has 0 saturated carbocycles. The number of hydrogen-bond acceptors (Lipinski definition) is 2. The number of rotatable bonds is 4. The van der Waals surface area contributed by atoms with Gasteiger partial charge in [0.25, 0.3) is 0 Å². The number of benzene rings is 1. The van der Waals surface area contributed by atoms with Crippen LogP contribution in [0.1, 0.15) is 22.6 Å². The Balaban J connectivity index is 2.11. The molecule has 4 heteroatoms. The van der Waals surface area contributed by atoms with Gasteiger partial charge < -0.3 is 10.3 Å². The largest absolute Gasteiger partial charge is 0.324 e. The van der Waals surface area contributed by atoms with E-state index in [-0.39, 0.29) is 0 Å². The lowest BCUT2D eigenvalue weighted by Gasteiger charge is -2.01. The number of aryl methyl sites for hydroxylation is 3. The van der Waals surface area contributed by atoms with E-state index >= 15 is 0 Å². The van der Waals surface area contributed by atoms with Crippen LogP contribution in [-0.4, -0.2) is 9.55 Å². The summed E-state index contributed by atoms with van der Waals surface area (Å²) in [7, 11) is 1.90. The topological polar surface area (TPSA) is 43.8 Å². The van der Waals surface area contributed by atoms with Gasteiger partial charge in [0.05, 0.1) is 12.2 Å². The SMILES string of the molecule is Cc1cccc(CCc2nc(CN)n(C)c2Cl)c1. The van der Waals surface area contributed by atoms with E-state index < -0.39 is 0 Å². The van der Waals surface area contributed by atoms with Gasteiger partial charge in [-0.25, -0.2) is 4.98 Å². The zero-order valence-corrected chi connectivity index (χ0v) is 11.5. The second-order valence-electron chi connectivity index (χ2n) is 4.52. The molecule has 2 rings (SSSR count). The average Bonchev–Trinajstić information content (AvgIpc) is 2.64. The van der Waals surface area contributed by atoms with Gasteiger partial charge in [-0.2, -0.15) is 0 Å². The van der Waals surface area contributed by atoms with Gasteiger partial charge in [-0.15, -0.1) is 0 Å². The molecule has 0 atom stereocenters. The summed E-state index contributed by atoms with van der Waals surface area (Å²) in [6.45, 7) is 2.52. The van der Waals surface area contributed by atoms with Crippen LogP contribution in [0.2, 0.25) is 5.15 Å². The maximum absolute atomic E-state index is 6.24. The molecule has 1 heterocycles. The van der Waals surface area contributed by atoms with E-state index in [1.165, 1.54) is 11.1 Å². The zero-order valence-electron chi connectivity index (χ0n) is 10.8. The van der Waals surface area contributed by atoms with E-state index in [1.807, 2.05) is 11.6 Å². The Morgan fingerprint density at radius 3 is 2.72 bits per heavy atom. The van der Waals surface area contributed by atoms with Crippen molar-refractivity contribution in [3.05, 3.63) is 52.1 Å². The predicted molar refractivity (Wildman–Crippen MR) is 74.7 cm³/mol. The zero-order chi connectivity index (χ0) is 13.1. The van der Waals surface area contributed by atoms with Crippen LogP contribution in [0.25, 0.3) is 0 Å². The Bertz CT molecular complexity index is 546. The molecule has 2 N–H and O–H groups in total. The molecule has 96 valence electrons. The van der Waals surface area contributed by atoms with Gasteiger partial charge in [0.15, 0.2) is 0 Å². The van der Waals surface area contributed by atoms with E-state index in [0.717, 1.165) is 24.4 Å². The third-order valence-corrected chi connectivity index (χ3v) is 3.57. The molecule has 18 heavy (non-hydrogen) atoms. The van der Waals surface area contributed by atoms with Crippen LogP contribution in [0.15, 0.2) is 24.3 Å². The second kappa shape index (κ2) is 5.55. The molecule has 0 saturated heterocycles. The number of nitrogens with two attached hydrogens (primary N) is 1. The van der Waals surface area contributed by atoms with E-state index in [2.05, 4.69) is 36.2 Å². The van der Waals surface area contributed by atoms with Crippen LogP contribution in [0, 0.1) is 6.92 Å². The maximum Gasteiger partial charge on any atom is 0.131 e. The number of aromatic nitrogens is 2. The van der Waals surface area contributed by atoms with Gasteiger partial charge >= 0.3 is 0 Å². The monoisotopic (exact) mass is 263 g/mol. The summed E-state index contributed by atoms with van der Waals surface area (Å²) in [5.41, 5.74) is 9.14. The van der Waals surface area contributed by atoms with Gasteiger partial charge in [0.1, 0.15) is 11.0 Å². The fraction of sp³-hybridized carbons (Fsp3) is 0.357. The van der Waals surface area contributed by atoms with Crippen LogP contribution < -0.4 is 5.73 Å². The highest BCUT2D eigenvalue weighted by molar-refractivity contribution is 6.30. The van der Waals surface area contributed by atoms with Crippen molar-refractivity contribution in [2.24, 2.45) is 12.8 Å². The second-order valence-corrected chi connectivity index (χ2v) is 4.88. The van der Waals surface area contributed by atoms with Crippen molar-refractivity contribution in [3.8, 4) is 0 Å². The van der Waals surface area contributed by atoms with E-state index in [1.54, 1.807) is 0 Å². The van der Waals surface area contributed by atoms with Gasteiger partial charge in [0.2, 0.25) is 0 Å². The van der Waals surface area contributed by atoms with E-state index in [9.17, 15) is 0 Å². The minimum absolute atomic E-state index is 0.417. The standard InChI is InChI=1S/C14H18ClN3/c1-10-4-3-5-11(8-10)6-7-12-14(15)18(2)13(9-16)17-12/h3-5,8H,6-7,9,16H2,1-2H3. The molecule has 1 aromatic heterocycles. The predicted octanol–water partition coefficient (Wildman–Crippen LogP) is 2.63. The molecule has 0 radical (unpaired) electrons. The Kier molecular flexibility index (Phi) is 4.04. The summed E-state index contributed by atoms with van der Waals surface area (Å²) in [5, 5.41) is 0.697. The number of nitrogens with zero attached hydrogens (tertiary/aromatic N) is 2. The first-order valence-corrected chi connectivity index (χ1v) is 6.45. The molecule has 0 amide bonds. The lowest BCUT2D eigenvalue weighted by Crippen LogP contribution is -2.04. The minimum atomic E-state index is 0.417. The molecule has 0 aliphatic heterocycles. The smallest absolute Gasteiger partial charge is 0.131 e. The number of hydrogen-bond donors (Lipinski definition) is 1. The summed E-state index contributed by atoms with van der Waals surface area (Å²) < 4.78 is 1.85. The summed E-state index contributed by atoms with van der Waals surface area (Å²) in [6.07, 6.45) is 1.79. The highest BCUT2D eigenvalue weighted by atomic mass is 35.5. The van der Waals surface area contributed by atoms with Gasteiger partial charge in [-0.05, 0) is 25.3 Å². The van der Waals surface area contributed by atoms with Crippen molar-refractivity contribution in [3.63, 3.8) is 0 Å². The molecule has 0 bridgehead atoms. The third kappa shape index (κ3) is 2.74. The molecular formula is C14H18ClN3. The molecule has 0 aliphatic carbocycles. The third-order valence-electron chi connectivity index (χ3n) is 3.10. The Morgan fingerprint density at radius 1 is 1.33 bits per heavy atom. The average molecular weight is 264 g/mol. The lowest BCUT2D eigenvalue weighted by molar-refractivity contribution is 0.793. The molecule has 0 spiro atoms. The fourth-order valence-corrected chi connectivity index (χ4v) is 2.29. The van der Waals surface area contributed by atoms with Gasteiger partial charge in [-0.1, -0.05) is 41.4 Å². The van der Waals surface area contributed by atoms with Crippen LogP contribution in [0.5, 0.6) is 0 Å². The quantitative estimate of drug-likeness (QED) is 0.922. The highest BCUT2D eigenvalue weighted by Gasteiger charge is 2.11. The molecule has 0 fully saturated rings. The molecular weight excluding hydrogens is 246 g/mol. The number of imidazole rings is 1. The van der Waals surface area contributed by atoms with Crippen molar-refractivity contribution in [2.45, 2.75) is 26.3 Å². The lowest BCUT2D eigenvalue weighted by atomic mass is 10.1. The summed E-state index contributed by atoms with van der Waals surface area (Å²) >= 11 is 6.24. The minimum Gasteiger partial charge on any atom is -0.324 e. The van der Waals surface area contributed by atoms with Gasteiger partial charge in [-0.3, -0.25) is 0 Å². The van der Waals surface area contributed by atoms with Crippen molar-refractivity contribution in [1.29, 1.82) is 0 Å². The van der Waals surface area contributed by atoms with Crippen molar-refractivity contribution >= 4 is 11.6 Å². The fourth-order valence-electron chi connectivity index (χ4n) is 2.06. The first-order valence-electron chi connectivity index (χ1n) is 6.07. The Labute approximate surface area is 113 Å². The molecule has 2 aromatic rings. The van der Waals surface area contributed by atoms with Crippen LogP contribution in [-0.2, 0) is 26.4 Å². The van der Waals surface area contributed by atoms with Crippen molar-refractivity contribution in [2.75, 3.05) is 0 Å². The normalized spacial score (nSPS) is 10.9. The highest BCUT2D eigenvalue weighted by Crippen LogP contribution is 2.18. The molecule has 0 unspecified atom stereocenters. The summed E-state index contributed by atoms with van der Waals surface area (Å²) in [5.74, 6) is 0.833. The van der Waals surface area contributed by atoms with Crippen LogP contribution in [0.4, 0.5) is 0 Å². The van der Waals surface area contributed by atoms with E-state index in [0.29, 0.717) is 11.7 Å². The van der Waals surface area contributed by atoms with Crippen LogP contribution >= 0.6 is 11.6 Å². The van der Waals surface area contributed by atoms with Crippen LogP contribution in [0.3, 0.4) is 0 Å². The van der Waals surface area contributed by atoms with E-state index in [4.69, 9.17) is 17.3 Å². The van der Waals surface area contributed by atoms with Crippen molar-refractivity contribution in [1.82, 2.24) is 9.55 Å². The van der Waals surface area contributed by atoms with Crippen molar-refractivity contribution < 1.29 is 0 Å². The Morgan fingerprint density at radius 2 is 2.11 bits per heavy atom. The maximum atomic E-state index is 6.24. The summed E-state index contributed by atoms with van der Waals surface area (Å²) in [6, 6.07) is 8.51. The first-order chi connectivity index (χ1) is 8.61.